The van der Waals surface area contributed by atoms with Gasteiger partial charge in [-0.05, 0) is 30.5 Å². The number of nitrogens with two attached hydrogens (primary N) is 1. The highest BCUT2D eigenvalue weighted by Crippen LogP contribution is 2.39. The second-order valence-corrected chi connectivity index (χ2v) is 5.84. The lowest BCUT2D eigenvalue weighted by molar-refractivity contribution is -0.159. The Kier molecular flexibility index (Phi) is 7.67. The Hall–Kier alpha value is -2.12. The van der Waals surface area contributed by atoms with Crippen LogP contribution >= 0.6 is 0 Å². The number of rotatable bonds is 4. The molecule has 0 aliphatic heterocycles. The van der Waals surface area contributed by atoms with E-state index in [2.05, 4.69) is 0 Å². The summed E-state index contributed by atoms with van der Waals surface area (Å²) in [6.07, 6.45) is 5.15. The number of aliphatic hydroxyl groups is 1. The molecule has 0 spiro atoms. The van der Waals surface area contributed by atoms with Crippen LogP contribution in [0.25, 0.3) is 0 Å². The maximum atomic E-state index is 10.8. The molecule has 1 unspecified atom stereocenters. The van der Waals surface area contributed by atoms with E-state index < -0.39 is 17.5 Å². The van der Waals surface area contributed by atoms with E-state index in [0.29, 0.717) is 6.54 Å². The maximum Gasteiger partial charge on any atom is 0.414 e. The van der Waals surface area contributed by atoms with E-state index in [1.54, 1.807) is 7.11 Å². The van der Waals surface area contributed by atoms with E-state index in [-0.39, 0.29) is 5.92 Å². The molecule has 0 amide bonds. The fourth-order valence-electron chi connectivity index (χ4n) is 3.01. The Morgan fingerprint density at radius 2 is 1.62 bits per heavy atom. The van der Waals surface area contributed by atoms with Gasteiger partial charge in [-0.1, -0.05) is 31.4 Å². The Morgan fingerprint density at radius 3 is 2.00 bits per heavy atom. The summed E-state index contributed by atoms with van der Waals surface area (Å²) in [6.45, 7) is 0.489. The average molecular weight is 339 g/mol. The van der Waals surface area contributed by atoms with Crippen molar-refractivity contribution < 1.29 is 29.6 Å². The second-order valence-electron chi connectivity index (χ2n) is 5.84. The summed E-state index contributed by atoms with van der Waals surface area (Å²) in [5.74, 6) is -2.78. The molecule has 134 valence electrons. The summed E-state index contributed by atoms with van der Waals surface area (Å²) in [4.78, 5) is 18.2. The van der Waals surface area contributed by atoms with Crippen molar-refractivity contribution in [1.29, 1.82) is 0 Å². The summed E-state index contributed by atoms with van der Waals surface area (Å²) in [6, 6.07) is 7.90. The van der Waals surface area contributed by atoms with Crippen LogP contribution in [-0.2, 0) is 9.59 Å². The quantitative estimate of drug-likeness (QED) is 0.613. The van der Waals surface area contributed by atoms with Gasteiger partial charge in [0.25, 0.3) is 0 Å². The molecule has 1 saturated carbocycles. The number of aliphatic carboxylic acids is 2. The first-order valence-electron chi connectivity index (χ1n) is 7.86. The monoisotopic (exact) mass is 339 g/mol. The number of carbonyl (C=O) groups is 2. The van der Waals surface area contributed by atoms with Gasteiger partial charge in [0.05, 0.1) is 12.7 Å². The van der Waals surface area contributed by atoms with Gasteiger partial charge in [-0.25, -0.2) is 9.59 Å². The largest absolute Gasteiger partial charge is 0.497 e. The third-order valence-electron chi connectivity index (χ3n) is 4.30. The number of carboxylic acids is 2. The van der Waals surface area contributed by atoms with Crippen LogP contribution in [0.5, 0.6) is 5.75 Å². The van der Waals surface area contributed by atoms with Crippen LogP contribution in [0.2, 0.25) is 0 Å². The molecular weight excluding hydrogens is 314 g/mol. The van der Waals surface area contributed by atoms with Gasteiger partial charge >= 0.3 is 11.9 Å². The predicted octanol–water partition coefficient (Wildman–Crippen LogP) is 1.59. The maximum absolute atomic E-state index is 10.8. The zero-order valence-electron chi connectivity index (χ0n) is 13.8. The zero-order valence-corrected chi connectivity index (χ0v) is 13.8. The van der Waals surface area contributed by atoms with Gasteiger partial charge in [0.1, 0.15) is 5.75 Å². The predicted molar refractivity (Wildman–Crippen MR) is 88.1 cm³/mol. The minimum Gasteiger partial charge on any atom is -0.497 e. The third-order valence-corrected chi connectivity index (χ3v) is 4.30. The van der Waals surface area contributed by atoms with Crippen molar-refractivity contribution in [2.45, 2.75) is 43.6 Å². The highest BCUT2D eigenvalue weighted by molar-refractivity contribution is 6.27. The van der Waals surface area contributed by atoms with Crippen molar-refractivity contribution >= 4 is 11.9 Å². The smallest absolute Gasteiger partial charge is 0.414 e. The first kappa shape index (κ1) is 19.9. The van der Waals surface area contributed by atoms with E-state index in [1.165, 1.54) is 6.42 Å². The highest BCUT2D eigenvalue weighted by Gasteiger charge is 2.37. The third kappa shape index (κ3) is 5.50. The summed E-state index contributed by atoms with van der Waals surface area (Å²) in [5.41, 5.74) is 6.39. The summed E-state index contributed by atoms with van der Waals surface area (Å²) in [7, 11) is 1.66. The first-order chi connectivity index (χ1) is 11.3. The molecule has 2 rings (SSSR count). The Balaban J connectivity index is 0.000000413. The Bertz CT molecular complexity index is 525. The minimum absolute atomic E-state index is 0.0312. The lowest BCUT2D eigenvalue weighted by atomic mass is 9.73. The highest BCUT2D eigenvalue weighted by atomic mass is 16.5. The van der Waals surface area contributed by atoms with E-state index >= 15 is 0 Å². The molecule has 1 aromatic carbocycles. The van der Waals surface area contributed by atoms with Gasteiger partial charge in [0, 0.05) is 12.5 Å². The van der Waals surface area contributed by atoms with Crippen LogP contribution in [0.15, 0.2) is 24.3 Å². The number of hydrogen-bond acceptors (Lipinski definition) is 5. The van der Waals surface area contributed by atoms with E-state index in [1.807, 2.05) is 24.3 Å². The lowest BCUT2D eigenvalue weighted by Gasteiger charge is -2.39. The molecule has 1 fully saturated rings. The van der Waals surface area contributed by atoms with Crippen LogP contribution in [0.1, 0.15) is 43.6 Å². The molecule has 7 nitrogen and oxygen atoms in total. The van der Waals surface area contributed by atoms with Crippen LogP contribution in [0.3, 0.4) is 0 Å². The number of ether oxygens (including phenoxy) is 1. The van der Waals surface area contributed by atoms with Crippen molar-refractivity contribution in [3.63, 3.8) is 0 Å². The van der Waals surface area contributed by atoms with E-state index in [9.17, 15) is 5.11 Å². The standard InChI is InChI=1S/C15H23NO2.C2H2O4/c1-18-13-7-5-12(6-8-13)14(11-16)15(17)9-3-2-4-10-15;3-1(4)2(5)6/h5-8,14,17H,2-4,9-11,16H2,1H3;(H,3,4)(H,5,6). The van der Waals surface area contributed by atoms with Crippen molar-refractivity contribution in [3.05, 3.63) is 29.8 Å². The Morgan fingerprint density at radius 1 is 1.12 bits per heavy atom. The van der Waals surface area contributed by atoms with Crippen molar-refractivity contribution in [2.24, 2.45) is 5.73 Å². The summed E-state index contributed by atoms with van der Waals surface area (Å²) < 4.78 is 5.16. The minimum atomic E-state index is -1.82. The fraction of sp³-hybridized carbons (Fsp3) is 0.529. The van der Waals surface area contributed by atoms with Crippen LogP contribution in [-0.4, -0.2) is 46.5 Å². The molecule has 0 radical (unpaired) electrons. The van der Waals surface area contributed by atoms with Gasteiger partial charge in [-0.2, -0.15) is 0 Å². The van der Waals surface area contributed by atoms with Crippen LogP contribution in [0.4, 0.5) is 0 Å². The fourth-order valence-corrected chi connectivity index (χ4v) is 3.01. The molecule has 0 saturated heterocycles. The number of methoxy groups -OCH3 is 1. The topological polar surface area (TPSA) is 130 Å². The van der Waals surface area contributed by atoms with Gasteiger partial charge in [0.2, 0.25) is 0 Å². The molecule has 0 heterocycles. The number of hydrogen-bond donors (Lipinski definition) is 4. The first-order valence-corrected chi connectivity index (χ1v) is 7.86. The lowest BCUT2D eigenvalue weighted by Crippen LogP contribution is -2.41. The van der Waals surface area contributed by atoms with E-state index in [0.717, 1.165) is 37.0 Å². The van der Waals surface area contributed by atoms with Crippen molar-refractivity contribution in [1.82, 2.24) is 0 Å². The average Bonchev–Trinajstić information content (AvgIpc) is 2.57. The van der Waals surface area contributed by atoms with Crippen LogP contribution < -0.4 is 10.5 Å². The molecular formula is C17H25NO6. The van der Waals surface area contributed by atoms with Crippen LogP contribution in [0, 0.1) is 0 Å². The number of carboxylic acid groups (broad SMARTS) is 2. The molecule has 24 heavy (non-hydrogen) atoms. The van der Waals surface area contributed by atoms with Crippen molar-refractivity contribution in [3.8, 4) is 5.75 Å². The van der Waals surface area contributed by atoms with Gasteiger partial charge in [0.15, 0.2) is 0 Å². The molecule has 1 aliphatic carbocycles. The summed E-state index contributed by atoms with van der Waals surface area (Å²) in [5, 5.41) is 25.6. The van der Waals surface area contributed by atoms with E-state index in [4.69, 9.17) is 30.3 Å². The number of benzene rings is 1. The second kappa shape index (κ2) is 9.24. The molecule has 0 aromatic heterocycles. The zero-order chi connectivity index (χ0) is 18.2. The van der Waals surface area contributed by atoms with Gasteiger partial charge in [-0.3, -0.25) is 0 Å². The molecule has 1 aliphatic rings. The Labute approximate surface area is 141 Å². The molecule has 1 aromatic rings. The normalized spacial score (nSPS) is 17.1. The summed E-state index contributed by atoms with van der Waals surface area (Å²) >= 11 is 0. The van der Waals surface area contributed by atoms with Crippen molar-refractivity contribution in [2.75, 3.05) is 13.7 Å². The SMILES string of the molecule is COc1ccc(C(CN)C2(O)CCCCC2)cc1.O=C(O)C(=O)O. The molecule has 0 bridgehead atoms. The van der Waals surface area contributed by atoms with Gasteiger partial charge in [-0.15, -0.1) is 0 Å². The molecule has 5 N–H and O–H groups in total. The van der Waals surface area contributed by atoms with Gasteiger partial charge < -0.3 is 25.8 Å². The molecule has 1 atom stereocenters. The molecule has 7 heteroatoms.